The zero-order valence-corrected chi connectivity index (χ0v) is 10.8. The molecule has 2 rings (SSSR count). The van der Waals surface area contributed by atoms with Crippen LogP contribution < -0.4 is 11.5 Å². The van der Waals surface area contributed by atoms with E-state index in [2.05, 4.69) is 19.8 Å². The van der Waals surface area contributed by atoms with Crippen LogP contribution in [0.3, 0.4) is 0 Å². The maximum atomic E-state index is 11.5. The van der Waals surface area contributed by atoms with Crippen molar-refractivity contribution in [3.63, 3.8) is 0 Å². The van der Waals surface area contributed by atoms with E-state index in [0.717, 1.165) is 0 Å². The highest BCUT2D eigenvalue weighted by Crippen LogP contribution is 2.13. The molecular formula is C11H12N6O3. The second-order valence-corrected chi connectivity index (χ2v) is 3.92. The summed E-state index contributed by atoms with van der Waals surface area (Å²) >= 11 is 0. The van der Waals surface area contributed by atoms with Crippen LogP contribution in [-0.4, -0.2) is 38.7 Å². The molecule has 0 aromatic carbocycles. The Balaban J connectivity index is 2.52. The number of nitrogen functional groups attached to an aromatic ring is 1. The van der Waals surface area contributed by atoms with E-state index in [1.54, 1.807) is 13.0 Å². The molecular weight excluding hydrogens is 264 g/mol. The number of nitrogens with two attached hydrogens (primary N) is 2. The van der Waals surface area contributed by atoms with Crippen molar-refractivity contribution in [1.82, 2.24) is 19.7 Å². The van der Waals surface area contributed by atoms with Gasteiger partial charge in [0.2, 0.25) is 5.82 Å². The molecule has 9 heteroatoms. The van der Waals surface area contributed by atoms with E-state index in [9.17, 15) is 9.59 Å². The lowest BCUT2D eigenvalue weighted by Gasteiger charge is -2.04. The van der Waals surface area contributed by atoms with Gasteiger partial charge in [-0.15, -0.1) is 0 Å². The Morgan fingerprint density at radius 3 is 2.60 bits per heavy atom. The van der Waals surface area contributed by atoms with Crippen molar-refractivity contribution in [2.45, 2.75) is 6.92 Å². The Morgan fingerprint density at radius 1 is 1.35 bits per heavy atom. The third-order valence-corrected chi connectivity index (χ3v) is 2.42. The summed E-state index contributed by atoms with van der Waals surface area (Å²) in [7, 11) is 1.23. The molecule has 2 aromatic rings. The van der Waals surface area contributed by atoms with Crippen molar-refractivity contribution >= 4 is 17.6 Å². The normalized spacial score (nSPS) is 10.3. The average Bonchev–Trinajstić information content (AvgIpc) is 2.79. The molecule has 0 radical (unpaired) electrons. The molecule has 2 aromatic heterocycles. The van der Waals surface area contributed by atoms with Gasteiger partial charge in [0.25, 0.3) is 5.91 Å². The molecule has 0 saturated heterocycles. The number of aryl methyl sites for hydroxylation is 1. The SMILES string of the molecule is COC(=O)c1nc(C)cc(-n2cc(N)c(C(N)=O)n2)n1. The summed E-state index contributed by atoms with van der Waals surface area (Å²) in [4.78, 5) is 30.5. The van der Waals surface area contributed by atoms with Gasteiger partial charge in [0.15, 0.2) is 11.5 Å². The Labute approximate surface area is 113 Å². The van der Waals surface area contributed by atoms with Crippen molar-refractivity contribution in [2.75, 3.05) is 12.8 Å². The van der Waals surface area contributed by atoms with Gasteiger partial charge in [0.1, 0.15) is 0 Å². The number of aromatic nitrogens is 4. The van der Waals surface area contributed by atoms with E-state index in [4.69, 9.17) is 11.5 Å². The summed E-state index contributed by atoms with van der Waals surface area (Å²) in [6.07, 6.45) is 1.38. The first-order valence-electron chi connectivity index (χ1n) is 5.51. The van der Waals surface area contributed by atoms with E-state index in [-0.39, 0.29) is 23.0 Å². The van der Waals surface area contributed by atoms with Crippen LogP contribution in [0.2, 0.25) is 0 Å². The summed E-state index contributed by atoms with van der Waals surface area (Å²) in [5.41, 5.74) is 11.3. The van der Waals surface area contributed by atoms with Gasteiger partial charge in [-0.05, 0) is 6.92 Å². The number of methoxy groups -OCH3 is 1. The minimum Gasteiger partial charge on any atom is -0.463 e. The van der Waals surface area contributed by atoms with Crippen molar-refractivity contribution in [2.24, 2.45) is 5.73 Å². The number of nitrogens with zero attached hydrogens (tertiary/aromatic N) is 4. The monoisotopic (exact) mass is 276 g/mol. The second-order valence-electron chi connectivity index (χ2n) is 3.92. The van der Waals surface area contributed by atoms with Gasteiger partial charge >= 0.3 is 5.97 Å². The molecule has 0 fully saturated rings. The number of rotatable bonds is 3. The smallest absolute Gasteiger partial charge is 0.376 e. The quantitative estimate of drug-likeness (QED) is 0.716. The van der Waals surface area contributed by atoms with Crippen LogP contribution in [0.25, 0.3) is 5.82 Å². The van der Waals surface area contributed by atoms with Gasteiger partial charge in [-0.25, -0.2) is 19.4 Å². The van der Waals surface area contributed by atoms with E-state index in [0.29, 0.717) is 5.69 Å². The number of carbonyl (C=O) groups is 2. The van der Waals surface area contributed by atoms with Crippen LogP contribution in [0.1, 0.15) is 26.8 Å². The first-order chi connectivity index (χ1) is 9.42. The fraction of sp³-hybridized carbons (Fsp3) is 0.182. The molecule has 2 heterocycles. The minimum absolute atomic E-state index is 0.0686. The van der Waals surface area contributed by atoms with Gasteiger partial charge in [-0.1, -0.05) is 0 Å². The van der Waals surface area contributed by atoms with Gasteiger partial charge in [0.05, 0.1) is 19.0 Å². The number of ether oxygens (including phenoxy) is 1. The molecule has 4 N–H and O–H groups in total. The van der Waals surface area contributed by atoms with E-state index in [1.807, 2.05) is 0 Å². The number of esters is 1. The molecule has 0 aliphatic rings. The van der Waals surface area contributed by atoms with Crippen molar-refractivity contribution < 1.29 is 14.3 Å². The first kappa shape index (κ1) is 13.5. The van der Waals surface area contributed by atoms with Crippen LogP contribution in [0.15, 0.2) is 12.3 Å². The fourth-order valence-electron chi connectivity index (χ4n) is 1.55. The Bertz CT molecular complexity index is 693. The first-order valence-corrected chi connectivity index (χ1v) is 5.51. The largest absolute Gasteiger partial charge is 0.463 e. The summed E-state index contributed by atoms with van der Waals surface area (Å²) in [5, 5.41) is 3.92. The molecule has 0 unspecified atom stereocenters. The Kier molecular flexibility index (Phi) is 3.34. The molecule has 0 saturated carbocycles. The third-order valence-electron chi connectivity index (χ3n) is 2.42. The van der Waals surface area contributed by atoms with Crippen LogP contribution >= 0.6 is 0 Å². The third kappa shape index (κ3) is 2.41. The molecule has 0 aliphatic heterocycles. The predicted molar refractivity (Wildman–Crippen MR) is 68.2 cm³/mol. The van der Waals surface area contributed by atoms with E-state index in [1.165, 1.54) is 18.0 Å². The summed E-state index contributed by atoms with van der Waals surface area (Å²) in [6.45, 7) is 1.68. The highest BCUT2D eigenvalue weighted by atomic mass is 16.5. The number of hydrogen-bond acceptors (Lipinski definition) is 7. The molecule has 20 heavy (non-hydrogen) atoms. The standard InChI is InChI=1S/C11H12N6O3/c1-5-3-7(15-10(14-5)11(19)20-2)17-4-6(12)8(16-17)9(13)18/h3-4H,12H2,1-2H3,(H2,13,18). The van der Waals surface area contributed by atoms with Crippen LogP contribution in [0, 0.1) is 6.92 Å². The summed E-state index contributed by atoms with van der Waals surface area (Å²) in [5.74, 6) is -1.26. The number of amides is 1. The molecule has 0 bridgehead atoms. The van der Waals surface area contributed by atoms with Gasteiger partial charge in [-0.2, -0.15) is 5.10 Å². The van der Waals surface area contributed by atoms with Gasteiger partial charge in [-0.3, -0.25) is 4.79 Å². The average molecular weight is 276 g/mol. The van der Waals surface area contributed by atoms with E-state index < -0.39 is 11.9 Å². The van der Waals surface area contributed by atoms with Crippen molar-refractivity contribution in [3.05, 3.63) is 29.5 Å². The number of anilines is 1. The lowest BCUT2D eigenvalue weighted by atomic mass is 10.4. The molecule has 0 spiro atoms. The van der Waals surface area contributed by atoms with Crippen LogP contribution in [0.5, 0.6) is 0 Å². The molecule has 104 valence electrons. The topological polar surface area (TPSA) is 139 Å². The predicted octanol–water partition coefficient (Wildman–Crippen LogP) is -0.562. The molecule has 0 aliphatic carbocycles. The highest BCUT2D eigenvalue weighted by Gasteiger charge is 2.16. The van der Waals surface area contributed by atoms with Crippen molar-refractivity contribution in [3.8, 4) is 5.82 Å². The van der Waals surface area contributed by atoms with Gasteiger partial charge < -0.3 is 16.2 Å². The number of hydrogen-bond donors (Lipinski definition) is 2. The lowest BCUT2D eigenvalue weighted by molar-refractivity contribution is 0.0586. The molecule has 9 nitrogen and oxygen atoms in total. The minimum atomic E-state index is -0.750. The number of primary amides is 1. The van der Waals surface area contributed by atoms with Crippen LogP contribution in [0.4, 0.5) is 5.69 Å². The highest BCUT2D eigenvalue weighted by molar-refractivity contribution is 5.95. The fourth-order valence-corrected chi connectivity index (χ4v) is 1.55. The zero-order chi connectivity index (χ0) is 14.9. The van der Waals surface area contributed by atoms with Crippen LogP contribution in [-0.2, 0) is 4.74 Å². The van der Waals surface area contributed by atoms with E-state index >= 15 is 0 Å². The number of carbonyl (C=O) groups excluding carboxylic acids is 2. The van der Waals surface area contributed by atoms with Crippen molar-refractivity contribution in [1.29, 1.82) is 0 Å². The molecule has 1 amide bonds. The zero-order valence-electron chi connectivity index (χ0n) is 10.8. The Hall–Kier alpha value is -2.97. The second kappa shape index (κ2) is 4.96. The van der Waals surface area contributed by atoms with Gasteiger partial charge in [0, 0.05) is 11.8 Å². The maximum absolute atomic E-state index is 11.5. The summed E-state index contributed by atoms with van der Waals surface area (Å²) in [6, 6.07) is 1.57. The lowest BCUT2D eigenvalue weighted by Crippen LogP contribution is -2.15. The maximum Gasteiger partial charge on any atom is 0.376 e. The summed E-state index contributed by atoms with van der Waals surface area (Å²) < 4.78 is 5.80. The molecule has 0 atom stereocenters. The Morgan fingerprint density at radius 2 is 2.05 bits per heavy atom.